The number of furan rings is 1. The van der Waals surface area contributed by atoms with Crippen LogP contribution in [0.4, 0.5) is 4.39 Å². The number of hydrogen-bond acceptors (Lipinski definition) is 3. The van der Waals surface area contributed by atoms with Crippen LogP contribution in [0.15, 0.2) is 46.9 Å². The van der Waals surface area contributed by atoms with E-state index in [1.165, 1.54) is 0 Å². The Morgan fingerprint density at radius 1 is 1.21 bits per heavy atom. The minimum atomic E-state index is -0.395. The van der Waals surface area contributed by atoms with E-state index in [4.69, 9.17) is 9.15 Å². The molecular formula is C20H21FO3. The molecule has 4 heteroatoms. The van der Waals surface area contributed by atoms with E-state index in [0.29, 0.717) is 6.61 Å². The van der Waals surface area contributed by atoms with Gasteiger partial charge in [-0.05, 0) is 34.9 Å². The number of benzene rings is 2. The topological polar surface area (TPSA) is 42.6 Å². The van der Waals surface area contributed by atoms with E-state index in [9.17, 15) is 9.50 Å². The third kappa shape index (κ3) is 3.21. The number of hydrogen-bond donors (Lipinski definition) is 1. The number of aliphatic hydroxyl groups is 1. The monoisotopic (exact) mass is 328 g/mol. The number of fused-ring (bicyclic) bond motifs is 1. The lowest BCUT2D eigenvalue weighted by atomic mass is 9.95. The van der Waals surface area contributed by atoms with Gasteiger partial charge in [0.1, 0.15) is 18.0 Å². The van der Waals surface area contributed by atoms with Crippen molar-refractivity contribution in [3.8, 4) is 11.1 Å². The molecule has 0 aliphatic heterocycles. The van der Waals surface area contributed by atoms with Crippen molar-refractivity contribution in [3.05, 3.63) is 59.4 Å². The quantitative estimate of drug-likeness (QED) is 0.706. The lowest BCUT2D eigenvalue weighted by Gasteiger charge is -2.11. The van der Waals surface area contributed by atoms with Gasteiger partial charge in [-0.15, -0.1) is 0 Å². The van der Waals surface area contributed by atoms with E-state index in [1.807, 2.05) is 49.4 Å². The Morgan fingerprint density at radius 3 is 2.75 bits per heavy atom. The Labute approximate surface area is 140 Å². The van der Waals surface area contributed by atoms with Crippen molar-refractivity contribution in [2.75, 3.05) is 13.8 Å². The molecule has 0 aliphatic rings. The molecule has 1 aromatic heterocycles. The second-order valence-electron chi connectivity index (χ2n) is 6.05. The molecule has 1 N–H and O–H groups in total. The summed E-state index contributed by atoms with van der Waals surface area (Å²) >= 11 is 0. The highest BCUT2D eigenvalue weighted by Crippen LogP contribution is 2.34. The highest BCUT2D eigenvalue weighted by molar-refractivity contribution is 5.93. The van der Waals surface area contributed by atoms with Crippen molar-refractivity contribution in [2.24, 2.45) is 0 Å². The Hall–Kier alpha value is -2.17. The maximum atomic E-state index is 13.0. The maximum Gasteiger partial charge on any atom is 0.142 e. The molecule has 126 valence electrons. The highest BCUT2D eigenvalue weighted by atomic mass is 19.1. The SMILES string of the molecule is COCc1cc2cc(CO)cc(-c3cccc(C(C)CF)c3)c2o1. The first-order valence-electron chi connectivity index (χ1n) is 7.97. The maximum absolute atomic E-state index is 13.0. The van der Waals surface area contributed by atoms with Crippen LogP contribution in [-0.2, 0) is 18.0 Å². The summed E-state index contributed by atoms with van der Waals surface area (Å²) in [5.74, 6) is 0.583. The smallest absolute Gasteiger partial charge is 0.142 e. The zero-order valence-electron chi connectivity index (χ0n) is 13.9. The fraction of sp³-hybridized carbons (Fsp3) is 0.300. The van der Waals surface area contributed by atoms with Crippen LogP contribution in [0.3, 0.4) is 0 Å². The molecule has 1 unspecified atom stereocenters. The molecule has 3 aromatic rings. The first kappa shape index (κ1) is 16.7. The van der Waals surface area contributed by atoms with E-state index in [1.54, 1.807) is 7.11 Å². The van der Waals surface area contributed by atoms with Crippen molar-refractivity contribution >= 4 is 11.0 Å². The van der Waals surface area contributed by atoms with E-state index in [0.717, 1.165) is 39.0 Å². The van der Waals surface area contributed by atoms with Gasteiger partial charge >= 0.3 is 0 Å². The average Bonchev–Trinajstić information content (AvgIpc) is 3.02. The Balaban J connectivity index is 2.17. The van der Waals surface area contributed by atoms with E-state index < -0.39 is 6.67 Å². The van der Waals surface area contributed by atoms with Gasteiger partial charge in [0.05, 0.1) is 13.3 Å². The molecule has 1 atom stereocenters. The third-order valence-corrected chi connectivity index (χ3v) is 4.19. The Kier molecular flexibility index (Phi) is 4.97. The molecule has 0 bridgehead atoms. The molecule has 0 aliphatic carbocycles. The molecule has 1 heterocycles. The van der Waals surface area contributed by atoms with Crippen LogP contribution in [0.5, 0.6) is 0 Å². The summed E-state index contributed by atoms with van der Waals surface area (Å²) in [5, 5.41) is 10.5. The van der Waals surface area contributed by atoms with Gasteiger partial charge < -0.3 is 14.3 Å². The van der Waals surface area contributed by atoms with E-state index >= 15 is 0 Å². The first-order chi connectivity index (χ1) is 11.7. The molecule has 0 saturated carbocycles. The van der Waals surface area contributed by atoms with Crippen molar-refractivity contribution < 1.29 is 18.7 Å². The van der Waals surface area contributed by atoms with Gasteiger partial charge in [0.25, 0.3) is 0 Å². The van der Waals surface area contributed by atoms with Crippen molar-refractivity contribution in [3.63, 3.8) is 0 Å². The second-order valence-corrected chi connectivity index (χ2v) is 6.05. The zero-order valence-corrected chi connectivity index (χ0v) is 13.9. The minimum Gasteiger partial charge on any atom is -0.458 e. The number of alkyl halides is 1. The highest BCUT2D eigenvalue weighted by Gasteiger charge is 2.14. The zero-order chi connectivity index (χ0) is 17.1. The summed E-state index contributed by atoms with van der Waals surface area (Å²) in [7, 11) is 1.62. The summed E-state index contributed by atoms with van der Waals surface area (Å²) in [4.78, 5) is 0. The minimum absolute atomic E-state index is 0.0473. The fourth-order valence-electron chi connectivity index (χ4n) is 2.89. The third-order valence-electron chi connectivity index (χ3n) is 4.19. The van der Waals surface area contributed by atoms with Gasteiger partial charge in [-0.1, -0.05) is 31.2 Å². The molecule has 24 heavy (non-hydrogen) atoms. The number of ether oxygens (including phenoxy) is 1. The summed E-state index contributed by atoms with van der Waals surface area (Å²) in [6.45, 7) is 1.81. The van der Waals surface area contributed by atoms with Crippen molar-refractivity contribution in [1.29, 1.82) is 0 Å². The predicted molar refractivity (Wildman–Crippen MR) is 92.7 cm³/mol. The van der Waals surface area contributed by atoms with Crippen LogP contribution in [0.2, 0.25) is 0 Å². The molecule has 0 fully saturated rings. The van der Waals surface area contributed by atoms with Gasteiger partial charge in [0, 0.05) is 24.0 Å². The molecule has 0 saturated heterocycles. The summed E-state index contributed by atoms with van der Waals surface area (Å²) < 4.78 is 24.1. The molecule has 0 amide bonds. The summed E-state index contributed by atoms with van der Waals surface area (Å²) in [5.41, 5.74) is 4.36. The lowest BCUT2D eigenvalue weighted by molar-refractivity contribution is 0.166. The van der Waals surface area contributed by atoms with Crippen LogP contribution in [-0.4, -0.2) is 18.9 Å². The van der Waals surface area contributed by atoms with Gasteiger partial charge in [0.2, 0.25) is 0 Å². The van der Waals surface area contributed by atoms with Crippen LogP contribution in [0.25, 0.3) is 22.1 Å². The van der Waals surface area contributed by atoms with Crippen LogP contribution in [0, 0.1) is 0 Å². The largest absolute Gasteiger partial charge is 0.458 e. The lowest BCUT2D eigenvalue weighted by Crippen LogP contribution is -1.95. The molecule has 3 rings (SSSR count). The van der Waals surface area contributed by atoms with Gasteiger partial charge in [0.15, 0.2) is 0 Å². The molecule has 0 spiro atoms. The van der Waals surface area contributed by atoms with Gasteiger partial charge in [-0.2, -0.15) is 0 Å². The van der Waals surface area contributed by atoms with E-state index in [2.05, 4.69) is 0 Å². The van der Waals surface area contributed by atoms with Gasteiger partial charge in [-0.25, -0.2) is 0 Å². The predicted octanol–water partition coefficient (Wildman–Crippen LogP) is 4.81. The Morgan fingerprint density at radius 2 is 2.04 bits per heavy atom. The average molecular weight is 328 g/mol. The van der Waals surface area contributed by atoms with E-state index in [-0.39, 0.29) is 12.5 Å². The number of methoxy groups -OCH3 is 1. The molecule has 3 nitrogen and oxygen atoms in total. The standard InChI is InChI=1S/C20H21FO3/c1-13(10-21)15-4-3-5-16(8-15)19-7-14(11-22)6-17-9-18(12-23-2)24-20(17)19/h3-9,13,22H,10-12H2,1-2H3. The van der Waals surface area contributed by atoms with Crippen LogP contribution >= 0.6 is 0 Å². The molecule has 0 radical (unpaired) electrons. The van der Waals surface area contributed by atoms with Gasteiger partial charge in [-0.3, -0.25) is 4.39 Å². The molecule has 2 aromatic carbocycles. The van der Waals surface area contributed by atoms with Crippen LogP contribution < -0.4 is 0 Å². The second kappa shape index (κ2) is 7.16. The Bertz CT molecular complexity index is 838. The molecular weight excluding hydrogens is 307 g/mol. The summed E-state index contributed by atoms with van der Waals surface area (Å²) in [6.07, 6.45) is 0. The normalized spacial score (nSPS) is 12.7. The first-order valence-corrected chi connectivity index (χ1v) is 7.97. The van der Waals surface area contributed by atoms with Crippen LogP contribution in [0.1, 0.15) is 29.7 Å². The number of halogens is 1. The van der Waals surface area contributed by atoms with Crippen molar-refractivity contribution in [1.82, 2.24) is 0 Å². The fourth-order valence-corrected chi connectivity index (χ4v) is 2.89. The summed E-state index contributed by atoms with van der Waals surface area (Å²) in [6, 6.07) is 13.6. The number of rotatable bonds is 6. The van der Waals surface area contributed by atoms with Crippen molar-refractivity contribution in [2.45, 2.75) is 26.1 Å². The number of aliphatic hydroxyl groups excluding tert-OH is 1.